The van der Waals surface area contributed by atoms with Crippen LogP contribution in [-0.4, -0.2) is 22.4 Å². The lowest BCUT2D eigenvalue weighted by Gasteiger charge is -2.28. The summed E-state index contributed by atoms with van der Waals surface area (Å²) in [7, 11) is 0. The fourth-order valence-corrected chi connectivity index (χ4v) is 2.50. The SMILES string of the molecule is CC(c1ccccc1)[C@@H](O)[C@@H](O)C(C)c1ccccc1. The van der Waals surface area contributed by atoms with Crippen molar-refractivity contribution in [3.8, 4) is 0 Å². The van der Waals surface area contributed by atoms with Gasteiger partial charge < -0.3 is 10.2 Å². The zero-order valence-corrected chi connectivity index (χ0v) is 12.0. The van der Waals surface area contributed by atoms with E-state index in [0.717, 1.165) is 11.1 Å². The predicted octanol–water partition coefficient (Wildman–Crippen LogP) is 3.32. The van der Waals surface area contributed by atoms with Gasteiger partial charge in [0, 0.05) is 11.8 Å². The van der Waals surface area contributed by atoms with E-state index >= 15 is 0 Å². The molecule has 2 nitrogen and oxygen atoms in total. The molecule has 2 heteroatoms. The van der Waals surface area contributed by atoms with E-state index in [9.17, 15) is 10.2 Å². The number of aliphatic hydroxyl groups excluding tert-OH is 2. The first kappa shape index (κ1) is 14.8. The molecule has 0 amide bonds. The minimum absolute atomic E-state index is 0.0997. The second-order valence-corrected chi connectivity index (χ2v) is 5.38. The van der Waals surface area contributed by atoms with Crippen molar-refractivity contribution in [3.63, 3.8) is 0 Å². The second kappa shape index (κ2) is 6.69. The molecular weight excluding hydrogens is 248 g/mol. The zero-order chi connectivity index (χ0) is 14.5. The molecule has 2 aromatic carbocycles. The number of hydrogen-bond donors (Lipinski definition) is 2. The summed E-state index contributed by atoms with van der Waals surface area (Å²) in [5, 5.41) is 20.8. The molecule has 20 heavy (non-hydrogen) atoms. The first-order chi connectivity index (χ1) is 9.61. The van der Waals surface area contributed by atoms with Gasteiger partial charge >= 0.3 is 0 Å². The molecule has 2 unspecified atom stereocenters. The van der Waals surface area contributed by atoms with Crippen molar-refractivity contribution >= 4 is 0 Å². The predicted molar refractivity (Wildman–Crippen MR) is 81.7 cm³/mol. The van der Waals surface area contributed by atoms with Gasteiger partial charge in [0.15, 0.2) is 0 Å². The van der Waals surface area contributed by atoms with Crippen LogP contribution >= 0.6 is 0 Å². The summed E-state index contributed by atoms with van der Waals surface area (Å²) in [5.41, 5.74) is 2.08. The lowest BCUT2D eigenvalue weighted by molar-refractivity contribution is -0.00670. The average molecular weight is 270 g/mol. The van der Waals surface area contributed by atoms with E-state index < -0.39 is 12.2 Å². The highest BCUT2D eigenvalue weighted by atomic mass is 16.3. The van der Waals surface area contributed by atoms with Crippen molar-refractivity contribution in [2.45, 2.75) is 37.9 Å². The van der Waals surface area contributed by atoms with Gasteiger partial charge in [0.1, 0.15) is 0 Å². The van der Waals surface area contributed by atoms with Gasteiger partial charge in [0.25, 0.3) is 0 Å². The fourth-order valence-electron chi connectivity index (χ4n) is 2.50. The summed E-state index contributed by atoms with van der Waals surface area (Å²) in [4.78, 5) is 0. The Morgan fingerprint density at radius 3 is 1.20 bits per heavy atom. The van der Waals surface area contributed by atoms with Gasteiger partial charge in [0.05, 0.1) is 12.2 Å². The average Bonchev–Trinajstić information content (AvgIpc) is 2.53. The minimum atomic E-state index is -0.785. The Morgan fingerprint density at radius 2 is 0.900 bits per heavy atom. The van der Waals surface area contributed by atoms with Gasteiger partial charge in [-0.3, -0.25) is 0 Å². The number of hydrogen-bond acceptors (Lipinski definition) is 2. The largest absolute Gasteiger partial charge is 0.390 e. The molecule has 0 saturated heterocycles. The van der Waals surface area contributed by atoms with Crippen LogP contribution in [0.15, 0.2) is 60.7 Å². The molecule has 0 fully saturated rings. The first-order valence-corrected chi connectivity index (χ1v) is 7.07. The molecule has 4 atom stereocenters. The van der Waals surface area contributed by atoms with E-state index in [4.69, 9.17) is 0 Å². The summed E-state index contributed by atoms with van der Waals surface area (Å²) < 4.78 is 0. The van der Waals surface area contributed by atoms with Crippen LogP contribution < -0.4 is 0 Å². The summed E-state index contributed by atoms with van der Waals surface area (Å²) in [6.07, 6.45) is -1.57. The Bertz CT molecular complexity index is 460. The van der Waals surface area contributed by atoms with E-state index in [1.807, 2.05) is 74.5 Å². The molecule has 0 aliphatic heterocycles. The van der Waals surface area contributed by atoms with Crippen molar-refractivity contribution in [2.75, 3.05) is 0 Å². The molecule has 0 aromatic heterocycles. The highest BCUT2D eigenvalue weighted by Crippen LogP contribution is 2.28. The molecule has 0 bridgehead atoms. The van der Waals surface area contributed by atoms with Crippen LogP contribution in [0.25, 0.3) is 0 Å². The zero-order valence-electron chi connectivity index (χ0n) is 12.0. The fraction of sp³-hybridized carbons (Fsp3) is 0.333. The third-order valence-electron chi connectivity index (χ3n) is 4.03. The molecule has 0 heterocycles. The van der Waals surface area contributed by atoms with Crippen LogP contribution in [0.4, 0.5) is 0 Å². The van der Waals surface area contributed by atoms with Crippen LogP contribution in [0.1, 0.15) is 36.8 Å². The third kappa shape index (κ3) is 3.27. The monoisotopic (exact) mass is 270 g/mol. The molecule has 2 rings (SSSR count). The van der Waals surface area contributed by atoms with Crippen LogP contribution in [0.3, 0.4) is 0 Å². The Kier molecular flexibility index (Phi) is 4.94. The van der Waals surface area contributed by atoms with E-state index in [-0.39, 0.29) is 11.8 Å². The van der Waals surface area contributed by atoms with Gasteiger partial charge in [-0.25, -0.2) is 0 Å². The summed E-state index contributed by atoms with van der Waals surface area (Å²) >= 11 is 0. The molecule has 0 spiro atoms. The quantitative estimate of drug-likeness (QED) is 0.875. The number of aliphatic hydroxyl groups is 2. The van der Waals surface area contributed by atoms with Crippen molar-refractivity contribution < 1.29 is 10.2 Å². The maximum absolute atomic E-state index is 10.4. The van der Waals surface area contributed by atoms with Gasteiger partial charge in [-0.2, -0.15) is 0 Å². The van der Waals surface area contributed by atoms with E-state index in [1.54, 1.807) is 0 Å². The maximum atomic E-state index is 10.4. The lowest BCUT2D eigenvalue weighted by Crippen LogP contribution is -2.34. The van der Waals surface area contributed by atoms with Crippen molar-refractivity contribution in [1.29, 1.82) is 0 Å². The molecule has 2 aromatic rings. The van der Waals surface area contributed by atoms with Gasteiger partial charge in [-0.1, -0.05) is 74.5 Å². The number of benzene rings is 2. The van der Waals surface area contributed by atoms with Crippen molar-refractivity contribution in [3.05, 3.63) is 71.8 Å². The Balaban J connectivity index is 2.10. The number of rotatable bonds is 5. The lowest BCUT2D eigenvalue weighted by atomic mass is 9.84. The minimum Gasteiger partial charge on any atom is -0.390 e. The Hall–Kier alpha value is -1.64. The van der Waals surface area contributed by atoms with Crippen LogP contribution in [0, 0.1) is 0 Å². The molecule has 0 saturated carbocycles. The maximum Gasteiger partial charge on any atom is 0.0870 e. The van der Waals surface area contributed by atoms with Crippen molar-refractivity contribution in [2.24, 2.45) is 0 Å². The molecule has 2 N–H and O–H groups in total. The van der Waals surface area contributed by atoms with Crippen LogP contribution in [0.2, 0.25) is 0 Å². The Labute approximate surface area is 120 Å². The second-order valence-electron chi connectivity index (χ2n) is 5.38. The standard InChI is InChI=1S/C18H22O2/c1-13(15-9-5-3-6-10-15)17(19)18(20)14(2)16-11-7-4-8-12-16/h3-14,17-20H,1-2H3/t13?,14?,17-,18+. The first-order valence-electron chi connectivity index (χ1n) is 7.07. The highest BCUT2D eigenvalue weighted by Gasteiger charge is 2.29. The smallest absolute Gasteiger partial charge is 0.0870 e. The summed E-state index contributed by atoms with van der Waals surface area (Å²) in [5.74, 6) is -0.199. The topological polar surface area (TPSA) is 40.5 Å². The van der Waals surface area contributed by atoms with Gasteiger partial charge in [-0.15, -0.1) is 0 Å². The molecular formula is C18H22O2. The summed E-state index contributed by atoms with van der Waals surface area (Å²) in [6.45, 7) is 3.89. The molecule has 106 valence electrons. The van der Waals surface area contributed by atoms with E-state index in [2.05, 4.69) is 0 Å². The molecule has 0 aliphatic carbocycles. The third-order valence-corrected chi connectivity index (χ3v) is 4.03. The van der Waals surface area contributed by atoms with Gasteiger partial charge in [0.2, 0.25) is 0 Å². The van der Waals surface area contributed by atoms with Crippen LogP contribution in [0.5, 0.6) is 0 Å². The summed E-state index contributed by atoms with van der Waals surface area (Å²) in [6, 6.07) is 19.6. The van der Waals surface area contributed by atoms with Gasteiger partial charge in [-0.05, 0) is 11.1 Å². The van der Waals surface area contributed by atoms with E-state index in [0.29, 0.717) is 0 Å². The van der Waals surface area contributed by atoms with Crippen molar-refractivity contribution in [1.82, 2.24) is 0 Å². The van der Waals surface area contributed by atoms with E-state index in [1.165, 1.54) is 0 Å². The molecule has 0 radical (unpaired) electrons. The highest BCUT2D eigenvalue weighted by molar-refractivity contribution is 5.23. The molecule has 0 aliphatic rings. The van der Waals surface area contributed by atoms with Crippen LogP contribution in [-0.2, 0) is 0 Å². The normalized spacial score (nSPS) is 17.2. The Morgan fingerprint density at radius 1 is 0.600 bits per heavy atom.